The summed E-state index contributed by atoms with van der Waals surface area (Å²) in [6, 6.07) is 12.5. The first-order chi connectivity index (χ1) is 13.1. The second-order valence-electron chi connectivity index (χ2n) is 6.63. The first-order valence-corrected chi connectivity index (χ1v) is 9.83. The molecule has 4 nitrogen and oxygen atoms in total. The maximum absolute atomic E-state index is 12.8. The Balaban J connectivity index is 1.54. The molecule has 1 aromatic heterocycles. The van der Waals surface area contributed by atoms with Gasteiger partial charge >= 0.3 is 0 Å². The van der Waals surface area contributed by atoms with Gasteiger partial charge < -0.3 is 10.3 Å². The number of imidazole rings is 1. The van der Waals surface area contributed by atoms with Crippen LogP contribution in [-0.4, -0.2) is 21.1 Å². The zero-order chi connectivity index (χ0) is 18.8. The van der Waals surface area contributed by atoms with Gasteiger partial charge in [0.15, 0.2) is 5.82 Å². The van der Waals surface area contributed by atoms with Crippen molar-refractivity contribution in [3.63, 3.8) is 0 Å². The lowest BCUT2D eigenvalue weighted by molar-refractivity contribution is 0.102. The number of hydrogen-bond acceptors (Lipinski definition) is 3. The van der Waals surface area contributed by atoms with Crippen LogP contribution in [0.15, 0.2) is 47.4 Å². The SMILES string of the molecule is O=C(Nc1ccccc1SC1CCCC1)c1ccc2nc(C(F)F)[nH]c2c1. The molecule has 0 radical (unpaired) electrons. The van der Waals surface area contributed by atoms with Crippen molar-refractivity contribution in [1.29, 1.82) is 0 Å². The molecule has 1 saturated carbocycles. The molecule has 2 N–H and O–H groups in total. The van der Waals surface area contributed by atoms with Crippen molar-refractivity contribution in [2.75, 3.05) is 5.32 Å². The maximum atomic E-state index is 12.8. The van der Waals surface area contributed by atoms with Gasteiger partial charge in [0, 0.05) is 15.7 Å². The van der Waals surface area contributed by atoms with Crippen LogP contribution in [0.2, 0.25) is 0 Å². The van der Waals surface area contributed by atoms with E-state index in [9.17, 15) is 13.6 Å². The highest BCUT2D eigenvalue weighted by molar-refractivity contribution is 8.00. The van der Waals surface area contributed by atoms with E-state index in [2.05, 4.69) is 15.3 Å². The lowest BCUT2D eigenvalue weighted by Gasteiger charge is -2.14. The molecule has 4 rings (SSSR count). The molecule has 1 heterocycles. The molecule has 1 fully saturated rings. The van der Waals surface area contributed by atoms with Crippen LogP contribution in [0.25, 0.3) is 11.0 Å². The van der Waals surface area contributed by atoms with E-state index in [0.717, 1.165) is 10.6 Å². The molecule has 140 valence electrons. The van der Waals surface area contributed by atoms with Gasteiger partial charge in [-0.3, -0.25) is 4.79 Å². The Morgan fingerprint density at radius 1 is 1.19 bits per heavy atom. The summed E-state index contributed by atoms with van der Waals surface area (Å²) in [5, 5.41) is 3.55. The molecule has 1 amide bonds. The lowest BCUT2D eigenvalue weighted by Crippen LogP contribution is -2.12. The minimum Gasteiger partial charge on any atom is -0.337 e. The summed E-state index contributed by atoms with van der Waals surface area (Å²) >= 11 is 1.81. The van der Waals surface area contributed by atoms with E-state index in [0.29, 0.717) is 21.8 Å². The number of halogens is 2. The van der Waals surface area contributed by atoms with Gasteiger partial charge in [-0.15, -0.1) is 11.8 Å². The summed E-state index contributed by atoms with van der Waals surface area (Å²) in [5.74, 6) is -0.662. The van der Waals surface area contributed by atoms with Gasteiger partial charge in [0.05, 0.1) is 16.7 Å². The number of hydrogen-bond donors (Lipinski definition) is 2. The van der Waals surface area contributed by atoms with Gasteiger partial charge in [0.25, 0.3) is 12.3 Å². The van der Waals surface area contributed by atoms with E-state index in [4.69, 9.17) is 0 Å². The van der Waals surface area contributed by atoms with Crippen molar-refractivity contribution >= 4 is 34.4 Å². The van der Waals surface area contributed by atoms with Crippen molar-refractivity contribution in [2.45, 2.75) is 42.3 Å². The summed E-state index contributed by atoms with van der Waals surface area (Å²) in [7, 11) is 0. The van der Waals surface area contributed by atoms with E-state index in [1.54, 1.807) is 18.2 Å². The summed E-state index contributed by atoms with van der Waals surface area (Å²) < 4.78 is 25.6. The smallest absolute Gasteiger partial charge is 0.295 e. The summed E-state index contributed by atoms with van der Waals surface area (Å²) in [6.07, 6.45) is 2.26. The standard InChI is InChI=1S/C20H19F2N3OS/c21-18(22)19-23-14-10-9-12(11-16(14)24-19)20(26)25-15-7-3-4-8-17(15)27-13-5-1-2-6-13/h3-4,7-11,13,18H,1-2,5-6H2,(H,23,24)(H,25,26). The number of alkyl halides is 2. The van der Waals surface area contributed by atoms with Crippen LogP contribution in [0, 0.1) is 0 Å². The summed E-state index contributed by atoms with van der Waals surface area (Å²) in [5.41, 5.74) is 2.01. The fourth-order valence-corrected chi connectivity index (χ4v) is 4.66. The van der Waals surface area contributed by atoms with Crippen molar-refractivity contribution in [3.05, 3.63) is 53.9 Å². The lowest BCUT2D eigenvalue weighted by atomic mass is 10.2. The van der Waals surface area contributed by atoms with E-state index >= 15 is 0 Å². The minimum atomic E-state index is -2.67. The monoisotopic (exact) mass is 387 g/mol. The number of fused-ring (bicyclic) bond motifs is 1. The molecule has 2 aromatic carbocycles. The Morgan fingerprint density at radius 3 is 2.74 bits per heavy atom. The molecule has 0 aliphatic heterocycles. The number of H-pyrrole nitrogens is 1. The predicted octanol–water partition coefficient (Wildman–Crippen LogP) is 5.79. The molecule has 0 atom stereocenters. The molecule has 0 saturated heterocycles. The number of carbonyl (C=O) groups excluding carboxylic acids is 1. The van der Waals surface area contributed by atoms with Crippen molar-refractivity contribution in [2.24, 2.45) is 0 Å². The highest BCUT2D eigenvalue weighted by Crippen LogP contribution is 2.38. The molecule has 27 heavy (non-hydrogen) atoms. The third-order valence-electron chi connectivity index (χ3n) is 4.70. The Hall–Kier alpha value is -2.41. The molecular formula is C20H19F2N3OS. The van der Waals surface area contributed by atoms with Crippen LogP contribution in [0.3, 0.4) is 0 Å². The van der Waals surface area contributed by atoms with Gasteiger partial charge in [-0.25, -0.2) is 13.8 Å². The van der Waals surface area contributed by atoms with Crippen molar-refractivity contribution in [1.82, 2.24) is 9.97 Å². The van der Waals surface area contributed by atoms with E-state index in [1.165, 1.54) is 25.7 Å². The van der Waals surface area contributed by atoms with E-state index < -0.39 is 6.43 Å². The zero-order valence-corrected chi connectivity index (χ0v) is 15.4. The normalized spacial score (nSPS) is 14.9. The number of benzene rings is 2. The highest BCUT2D eigenvalue weighted by atomic mass is 32.2. The third-order valence-corrected chi connectivity index (χ3v) is 6.11. The number of aromatic nitrogens is 2. The second-order valence-corrected chi connectivity index (χ2v) is 7.97. The Bertz CT molecular complexity index is 967. The number of para-hydroxylation sites is 1. The number of aromatic amines is 1. The number of carbonyl (C=O) groups is 1. The van der Waals surface area contributed by atoms with Crippen LogP contribution in [0.4, 0.5) is 14.5 Å². The molecule has 0 spiro atoms. The summed E-state index contributed by atoms with van der Waals surface area (Å²) in [4.78, 5) is 20.1. The van der Waals surface area contributed by atoms with Crippen LogP contribution >= 0.6 is 11.8 Å². The fourth-order valence-electron chi connectivity index (χ4n) is 3.33. The molecule has 3 aromatic rings. The minimum absolute atomic E-state index is 0.274. The predicted molar refractivity (Wildman–Crippen MR) is 104 cm³/mol. The molecule has 0 unspecified atom stereocenters. The van der Waals surface area contributed by atoms with Crippen LogP contribution in [0.5, 0.6) is 0 Å². The zero-order valence-electron chi connectivity index (χ0n) is 14.5. The fraction of sp³-hybridized carbons (Fsp3) is 0.300. The first-order valence-electron chi connectivity index (χ1n) is 8.95. The Morgan fingerprint density at radius 2 is 1.96 bits per heavy atom. The number of nitrogens with zero attached hydrogens (tertiary/aromatic N) is 1. The maximum Gasteiger partial charge on any atom is 0.295 e. The molecule has 1 aliphatic carbocycles. The van der Waals surface area contributed by atoms with Crippen molar-refractivity contribution in [3.8, 4) is 0 Å². The number of amides is 1. The molecule has 1 aliphatic rings. The van der Waals surface area contributed by atoms with Crippen LogP contribution in [0.1, 0.15) is 48.3 Å². The van der Waals surface area contributed by atoms with Gasteiger partial charge in [-0.05, 0) is 43.2 Å². The average molecular weight is 387 g/mol. The topological polar surface area (TPSA) is 57.8 Å². The molecule has 7 heteroatoms. The third kappa shape index (κ3) is 3.98. The van der Waals surface area contributed by atoms with Gasteiger partial charge in [-0.1, -0.05) is 25.0 Å². The second kappa shape index (κ2) is 7.68. The number of thioether (sulfide) groups is 1. The van der Waals surface area contributed by atoms with Gasteiger partial charge in [0.2, 0.25) is 0 Å². The van der Waals surface area contributed by atoms with Crippen LogP contribution in [-0.2, 0) is 0 Å². The first kappa shape index (κ1) is 18.0. The Kier molecular flexibility index (Phi) is 5.11. The van der Waals surface area contributed by atoms with E-state index in [1.807, 2.05) is 36.0 Å². The quantitative estimate of drug-likeness (QED) is 0.583. The number of rotatable bonds is 5. The summed E-state index contributed by atoms with van der Waals surface area (Å²) in [6.45, 7) is 0. The molecular weight excluding hydrogens is 368 g/mol. The highest BCUT2D eigenvalue weighted by Gasteiger charge is 2.19. The average Bonchev–Trinajstić information content (AvgIpc) is 3.32. The van der Waals surface area contributed by atoms with Crippen molar-refractivity contribution < 1.29 is 13.6 Å². The number of anilines is 1. The van der Waals surface area contributed by atoms with Crippen LogP contribution < -0.4 is 5.32 Å². The largest absolute Gasteiger partial charge is 0.337 e. The Labute approximate surface area is 159 Å². The molecule has 0 bridgehead atoms. The van der Waals surface area contributed by atoms with Gasteiger partial charge in [0.1, 0.15) is 0 Å². The number of nitrogens with one attached hydrogen (secondary N) is 2. The van der Waals surface area contributed by atoms with Gasteiger partial charge in [-0.2, -0.15) is 0 Å². The van der Waals surface area contributed by atoms with E-state index in [-0.39, 0.29) is 11.7 Å².